The molecule has 2 bridgehead atoms. The molecule has 0 radical (unpaired) electrons. The fourth-order valence-electron chi connectivity index (χ4n) is 6.59. The number of amides is 2. The van der Waals surface area contributed by atoms with Gasteiger partial charge in [-0.25, -0.2) is 8.42 Å². The average Bonchev–Trinajstić information content (AvgIpc) is 3.34. The van der Waals surface area contributed by atoms with Crippen LogP contribution >= 0.6 is 11.6 Å². The van der Waals surface area contributed by atoms with Gasteiger partial charge in [-0.15, -0.1) is 0 Å². The van der Waals surface area contributed by atoms with Crippen LogP contribution in [0, 0.1) is 5.41 Å². The molecule has 0 aromatic heterocycles. The Morgan fingerprint density at radius 1 is 0.857 bits per heavy atom. The fourth-order valence-corrected chi connectivity index (χ4v) is 8.36. The number of anilines is 1. The highest BCUT2D eigenvalue weighted by Crippen LogP contribution is 2.41. The lowest BCUT2D eigenvalue weighted by molar-refractivity contribution is -0.133. The van der Waals surface area contributed by atoms with Crippen LogP contribution in [0.25, 0.3) is 0 Å². The molecule has 2 atom stereocenters. The van der Waals surface area contributed by atoms with Crippen molar-refractivity contribution in [2.45, 2.75) is 61.9 Å². The first-order chi connectivity index (χ1) is 20.3. The number of nitrogens with one attached hydrogen (secondary N) is 2. The molecule has 1 fully saturated rings. The van der Waals surface area contributed by atoms with Crippen molar-refractivity contribution in [3.05, 3.63) is 107 Å². The number of rotatable bonds is 1. The Morgan fingerprint density at radius 3 is 2.43 bits per heavy atom. The van der Waals surface area contributed by atoms with Crippen LogP contribution in [-0.4, -0.2) is 32.8 Å². The van der Waals surface area contributed by atoms with Crippen molar-refractivity contribution in [2.24, 2.45) is 5.41 Å². The molecule has 3 aromatic rings. The van der Waals surface area contributed by atoms with Gasteiger partial charge >= 0.3 is 0 Å². The molecule has 0 unspecified atom stereocenters. The summed E-state index contributed by atoms with van der Waals surface area (Å²) in [4.78, 5) is 27.7. The number of benzene rings is 3. The zero-order valence-corrected chi connectivity index (χ0v) is 24.8. The topological polar surface area (TPSA) is 95.6 Å². The monoisotopic (exact) mass is 603 g/mol. The van der Waals surface area contributed by atoms with E-state index in [9.17, 15) is 18.0 Å². The number of para-hydroxylation sites is 1. The number of allylic oxidation sites excluding steroid dienone is 1. The van der Waals surface area contributed by atoms with E-state index >= 15 is 0 Å². The lowest BCUT2D eigenvalue weighted by Crippen LogP contribution is -2.50. The molecule has 1 saturated carbocycles. The first-order valence-corrected chi connectivity index (χ1v) is 16.3. The van der Waals surface area contributed by atoms with Gasteiger partial charge in [-0.2, -0.15) is 0 Å². The van der Waals surface area contributed by atoms with E-state index in [1.54, 1.807) is 42.5 Å². The van der Waals surface area contributed by atoms with Crippen molar-refractivity contribution in [3.8, 4) is 0 Å². The largest absolute Gasteiger partial charge is 0.350 e. The Bertz CT molecular complexity index is 1650. The highest BCUT2D eigenvalue weighted by molar-refractivity contribution is 7.92. The lowest BCUT2D eigenvalue weighted by atomic mass is 9.71. The minimum atomic E-state index is -4.10. The molecule has 1 aliphatic heterocycles. The third kappa shape index (κ3) is 5.34. The number of nitrogens with zero attached hydrogens (tertiary/aromatic N) is 1. The van der Waals surface area contributed by atoms with E-state index in [-0.39, 0.29) is 29.0 Å². The van der Waals surface area contributed by atoms with E-state index in [0.717, 1.165) is 43.2 Å². The van der Waals surface area contributed by atoms with Gasteiger partial charge in [-0.3, -0.25) is 13.9 Å². The smallest absolute Gasteiger partial charge is 0.264 e. The van der Waals surface area contributed by atoms with Gasteiger partial charge in [0.1, 0.15) is 0 Å². The van der Waals surface area contributed by atoms with Gasteiger partial charge in [0.25, 0.3) is 15.9 Å². The first kappa shape index (κ1) is 28.5. The number of carbonyl (C=O) groups is 2. The van der Waals surface area contributed by atoms with Crippen LogP contribution in [0.3, 0.4) is 0 Å². The van der Waals surface area contributed by atoms with Crippen LogP contribution in [0.5, 0.6) is 0 Å². The Hall–Kier alpha value is -3.62. The minimum absolute atomic E-state index is 0.00371. The third-order valence-corrected chi connectivity index (χ3v) is 11.0. The third-order valence-electron chi connectivity index (χ3n) is 8.88. The Kier molecular flexibility index (Phi) is 7.85. The van der Waals surface area contributed by atoms with Gasteiger partial charge < -0.3 is 10.6 Å². The van der Waals surface area contributed by atoms with E-state index in [1.165, 1.54) is 16.4 Å². The van der Waals surface area contributed by atoms with Crippen molar-refractivity contribution >= 4 is 39.1 Å². The number of sulfonamides is 1. The standard InChI is InChI=1S/C33H34ClN3O4S/c34-27-15-4-5-16-29(27)37-20-9-8-19-33(17-6-1-7-18-33)32(39)35-28-22-23-11-2-3-14-26(23)30(28)36-31(38)24-12-10-13-25(21-24)42(37,40)41/h2-5,8-16,21,28,30H,1,6-7,17-20,22H2,(H,35,39)(H,36,38)/b9-8-/t28-,30-/m1/s1. The van der Waals surface area contributed by atoms with E-state index in [4.69, 9.17) is 11.6 Å². The van der Waals surface area contributed by atoms with E-state index in [0.29, 0.717) is 23.6 Å². The lowest BCUT2D eigenvalue weighted by Gasteiger charge is -2.37. The molecule has 3 aromatic carbocycles. The minimum Gasteiger partial charge on any atom is -0.350 e. The second-order valence-electron chi connectivity index (χ2n) is 11.5. The van der Waals surface area contributed by atoms with Crippen molar-refractivity contribution in [3.63, 3.8) is 0 Å². The number of fused-ring (bicyclic) bond motifs is 5. The molecule has 2 N–H and O–H groups in total. The van der Waals surface area contributed by atoms with Crippen LogP contribution in [0.2, 0.25) is 5.02 Å². The Morgan fingerprint density at radius 2 is 1.62 bits per heavy atom. The summed E-state index contributed by atoms with van der Waals surface area (Å²) < 4.78 is 29.4. The maximum absolute atomic E-state index is 14.1. The summed E-state index contributed by atoms with van der Waals surface area (Å²) in [5.41, 5.74) is 2.01. The predicted molar refractivity (Wildman–Crippen MR) is 164 cm³/mol. The SMILES string of the molecule is O=C1N[C@@H]2c3ccccc3C[C@H]2NC(=O)C2(C/C=C\CN(c3ccccc3Cl)S(=O)(=O)c3cccc1c3)CCCCC2. The Balaban J connectivity index is 1.45. The van der Waals surface area contributed by atoms with Crippen molar-refractivity contribution in [2.75, 3.05) is 10.8 Å². The molecular formula is C33H34ClN3O4S. The zero-order chi connectivity index (χ0) is 29.3. The van der Waals surface area contributed by atoms with Crippen molar-refractivity contribution < 1.29 is 18.0 Å². The number of halogens is 1. The molecule has 2 amide bonds. The molecule has 0 saturated heterocycles. The summed E-state index contributed by atoms with van der Waals surface area (Å²) in [6.45, 7) is 0.0280. The number of hydrogen-bond acceptors (Lipinski definition) is 4. The fraction of sp³-hybridized carbons (Fsp3) is 0.333. The Labute approximate surface area is 252 Å². The first-order valence-electron chi connectivity index (χ1n) is 14.5. The van der Waals surface area contributed by atoms with Crippen LogP contribution < -0.4 is 14.9 Å². The molecule has 9 heteroatoms. The van der Waals surface area contributed by atoms with Crippen molar-refractivity contribution in [1.82, 2.24) is 10.6 Å². The van der Waals surface area contributed by atoms with Gasteiger partial charge in [0.15, 0.2) is 0 Å². The van der Waals surface area contributed by atoms with Crippen LogP contribution in [0.1, 0.15) is 66.1 Å². The molecule has 42 heavy (non-hydrogen) atoms. The highest BCUT2D eigenvalue weighted by Gasteiger charge is 2.42. The van der Waals surface area contributed by atoms with Crippen LogP contribution in [-0.2, 0) is 21.2 Å². The van der Waals surface area contributed by atoms with E-state index in [1.807, 2.05) is 30.3 Å². The maximum Gasteiger partial charge on any atom is 0.264 e. The van der Waals surface area contributed by atoms with Crippen LogP contribution in [0.4, 0.5) is 5.69 Å². The summed E-state index contributed by atoms with van der Waals surface area (Å²) in [6, 6.07) is 20.0. The molecule has 1 spiro atoms. The van der Waals surface area contributed by atoms with Gasteiger partial charge in [0.2, 0.25) is 5.91 Å². The highest BCUT2D eigenvalue weighted by atomic mass is 35.5. The summed E-state index contributed by atoms with van der Waals surface area (Å²) in [7, 11) is -4.10. The molecule has 7 nitrogen and oxygen atoms in total. The normalized spacial score (nSPS) is 24.3. The van der Waals surface area contributed by atoms with Crippen LogP contribution in [0.15, 0.2) is 89.8 Å². The van der Waals surface area contributed by atoms with Gasteiger partial charge in [0, 0.05) is 5.56 Å². The summed E-state index contributed by atoms with van der Waals surface area (Å²) >= 11 is 6.49. The molecule has 218 valence electrons. The van der Waals surface area contributed by atoms with E-state index in [2.05, 4.69) is 10.6 Å². The molecule has 3 aliphatic rings. The molecule has 6 rings (SSSR count). The summed E-state index contributed by atoms with van der Waals surface area (Å²) in [5.74, 6) is -0.412. The molecule has 1 heterocycles. The second kappa shape index (κ2) is 11.6. The quantitative estimate of drug-likeness (QED) is 0.336. The van der Waals surface area contributed by atoms with Gasteiger partial charge in [-0.05, 0) is 67.1 Å². The summed E-state index contributed by atoms with van der Waals surface area (Å²) in [6.07, 6.45) is 9.39. The molecular weight excluding hydrogens is 570 g/mol. The summed E-state index contributed by atoms with van der Waals surface area (Å²) in [5, 5.41) is 6.76. The zero-order valence-electron chi connectivity index (χ0n) is 23.3. The second-order valence-corrected chi connectivity index (χ2v) is 13.7. The molecule has 2 aliphatic carbocycles. The van der Waals surface area contributed by atoms with Crippen molar-refractivity contribution in [1.29, 1.82) is 0 Å². The maximum atomic E-state index is 14.1. The number of carbonyl (C=O) groups excluding carboxylic acids is 2. The van der Waals surface area contributed by atoms with Gasteiger partial charge in [-0.1, -0.05) is 85.5 Å². The predicted octanol–water partition coefficient (Wildman–Crippen LogP) is 5.96. The average molecular weight is 604 g/mol. The van der Waals surface area contributed by atoms with Gasteiger partial charge in [0.05, 0.1) is 39.6 Å². The number of hydrogen-bond donors (Lipinski definition) is 2. The van der Waals surface area contributed by atoms with E-state index < -0.39 is 27.4 Å².